The maximum atomic E-state index is 12.1. The molecule has 0 aliphatic rings. The van der Waals surface area contributed by atoms with Gasteiger partial charge in [-0.25, -0.2) is 4.79 Å². The summed E-state index contributed by atoms with van der Waals surface area (Å²) in [4.78, 5) is 26.8. The molecule has 0 spiro atoms. The van der Waals surface area contributed by atoms with Crippen LogP contribution in [0.1, 0.15) is 5.56 Å². The summed E-state index contributed by atoms with van der Waals surface area (Å²) in [6, 6.07) is 11.1. The Morgan fingerprint density at radius 2 is 1.96 bits per heavy atom. The lowest BCUT2D eigenvalue weighted by Gasteiger charge is -2.15. The zero-order valence-electron chi connectivity index (χ0n) is 14.0. The maximum Gasteiger partial charge on any atom is 0.326 e. The van der Waals surface area contributed by atoms with Gasteiger partial charge < -0.3 is 20.1 Å². The molecule has 0 radical (unpaired) electrons. The minimum absolute atomic E-state index is 0.146. The number of amides is 1. The topological polar surface area (TPSA) is 91.4 Å². The summed E-state index contributed by atoms with van der Waals surface area (Å²) in [6.07, 6.45) is 1.89. The van der Waals surface area contributed by atoms with E-state index in [2.05, 4.69) is 10.3 Å². The smallest absolute Gasteiger partial charge is 0.326 e. The van der Waals surface area contributed by atoms with Gasteiger partial charge in [0.25, 0.3) is 5.91 Å². The lowest BCUT2D eigenvalue weighted by atomic mass is 10.1. The highest BCUT2D eigenvalue weighted by molar-refractivity contribution is 6.35. The van der Waals surface area contributed by atoms with Crippen molar-refractivity contribution in [2.24, 2.45) is 0 Å². The molecule has 8 heteroatoms. The predicted molar refractivity (Wildman–Crippen MR) is 104 cm³/mol. The number of ether oxygens (including phenoxy) is 1. The number of carbonyl (C=O) groups is 2. The van der Waals surface area contributed by atoms with E-state index in [9.17, 15) is 14.7 Å². The molecule has 3 rings (SSSR count). The van der Waals surface area contributed by atoms with Crippen LogP contribution >= 0.6 is 23.2 Å². The first-order valence-corrected chi connectivity index (χ1v) is 8.84. The van der Waals surface area contributed by atoms with Crippen LogP contribution in [0.2, 0.25) is 10.0 Å². The monoisotopic (exact) mass is 406 g/mol. The Bertz CT molecular complexity index is 987. The number of aromatic amines is 1. The Kier molecular flexibility index (Phi) is 5.88. The largest absolute Gasteiger partial charge is 0.482 e. The lowest BCUT2D eigenvalue weighted by molar-refractivity contribution is -0.142. The third-order valence-corrected chi connectivity index (χ3v) is 4.52. The second-order valence-electron chi connectivity index (χ2n) is 5.89. The molecule has 0 bridgehead atoms. The number of carboxylic acid groups (broad SMARTS) is 1. The standard InChI is InChI=1S/C19H16Cl2N2O4/c20-12-5-6-17(14(21)8-12)27-10-18(24)23-16(19(25)26)7-11-9-22-15-4-2-1-3-13(11)15/h1-6,8-9,16,22H,7,10H2,(H,23,24)(H,25,26). The van der Waals surface area contributed by atoms with Crippen LogP contribution in [-0.2, 0) is 16.0 Å². The number of aromatic nitrogens is 1. The summed E-state index contributed by atoms with van der Waals surface area (Å²) in [5, 5.41) is 13.6. The van der Waals surface area contributed by atoms with E-state index in [1.165, 1.54) is 6.07 Å². The molecule has 0 aliphatic carbocycles. The quantitative estimate of drug-likeness (QED) is 0.558. The molecule has 27 heavy (non-hydrogen) atoms. The van der Waals surface area contributed by atoms with Crippen LogP contribution in [-0.4, -0.2) is 34.6 Å². The second-order valence-corrected chi connectivity index (χ2v) is 6.73. The van der Waals surface area contributed by atoms with Crippen LogP contribution in [0.3, 0.4) is 0 Å². The van der Waals surface area contributed by atoms with Gasteiger partial charge in [0.2, 0.25) is 0 Å². The predicted octanol–water partition coefficient (Wildman–Crippen LogP) is 3.67. The van der Waals surface area contributed by atoms with Crippen molar-refractivity contribution in [3.05, 3.63) is 64.3 Å². The van der Waals surface area contributed by atoms with E-state index in [1.807, 2.05) is 24.3 Å². The SMILES string of the molecule is O=C(COc1ccc(Cl)cc1Cl)NC(Cc1c[nH]c2ccccc12)C(=O)O. The zero-order valence-corrected chi connectivity index (χ0v) is 15.6. The van der Waals surface area contributed by atoms with Gasteiger partial charge in [0, 0.05) is 28.5 Å². The Labute approximate surface area is 165 Å². The summed E-state index contributed by atoms with van der Waals surface area (Å²) in [6.45, 7) is -0.362. The fraction of sp³-hybridized carbons (Fsp3) is 0.158. The summed E-state index contributed by atoms with van der Waals surface area (Å²) >= 11 is 11.8. The number of benzene rings is 2. The van der Waals surface area contributed by atoms with Crippen LogP contribution in [0.15, 0.2) is 48.7 Å². The molecule has 1 heterocycles. The highest BCUT2D eigenvalue weighted by atomic mass is 35.5. The molecule has 2 aromatic carbocycles. The van der Waals surface area contributed by atoms with E-state index in [-0.39, 0.29) is 18.1 Å². The van der Waals surface area contributed by atoms with Gasteiger partial charge in [0.15, 0.2) is 6.61 Å². The van der Waals surface area contributed by atoms with Crippen molar-refractivity contribution < 1.29 is 19.4 Å². The highest BCUT2D eigenvalue weighted by Crippen LogP contribution is 2.27. The van der Waals surface area contributed by atoms with Crippen molar-refractivity contribution in [2.45, 2.75) is 12.5 Å². The Morgan fingerprint density at radius 3 is 2.70 bits per heavy atom. The van der Waals surface area contributed by atoms with Gasteiger partial charge in [-0.2, -0.15) is 0 Å². The number of H-pyrrole nitrogens is 1. The second kappa shape index (κ2) is 8.33. The van der Waals surface area contributed by atoms with E-state index in [0.717, 1.165) is 16.5 Å². The maximum absolute atomic E-state index is 12.1. The molecule has 1 atom stereocenters. The number of nitrogens with one attached hydrogen (secondary N) is 2. The molecule has 0 saturated carbocycles. The van der Waals surface area contributed by atoms with Crippen molar-refractivity contribution >= 4 is 46.0 Å². The first kappa shape index (κ1) is 19.1. The summed E-state index contributed by atoms with van der Waals surface area (Å²) in [7, 11) is 0. The van der Waals surface area contributed by atoms with E-state index in [0.29, 0.717) is 10.8 Å². The summed E-state index contributed by atoms with van der Waals surface area (Å²) in [5.74, 6) is -1.40. The van der Waals surface area contributed by atoms with Gasteiger partial charge in [0.05, 0.1) is 5.02 Å². The molecule has 0 fully saturated rings. The van der Waals surface area contributed by atoms with Crippen LogP contribution in [0.5, 0.6) is 5.75 Å². The molecule has 1 unspecified atom stereocenters. The third-order valence-electron chi connectivity index (χ3n) is 3.98. The zero-order chi connectivity index (χ0) is 19.4. The first-order valence-electron chi connectivity index (χ1n) is 8.09. The first-order chi connectivity index (χ1) is 12.9. The minimum Gasteiger partial charge on any atom is -0.482 e. The molecule has 1 aromatic heterocycles. The van der Waals surface area contributed by atoms with Gasteiger partial charge in [0.1, 0.15) is 11.8 Å². The van der Waals surface area contributed by atoms with E-state index in [4.69, 9.17) is 27.9 Å². The van der Waals surface area contributed by atoms with Gasteiger partial charge in [-0.05, 0) is 29.8 Å². The number of hydrogen-bond acceptors (Lipinski definition) is 3. The third kappa shape index (κ3) is 4.72. The molecular formula is C19H16Cl2N2O4. The molecule has 140 valence electrons. The average Bonchev–Trinajstić information content (AvgIpc) is 3.03. The number of para-hydroxylation sites is 1. The molecule has 0 aliphatic heterocycles. The van der Waals surface area contributed by atoms with Gasteiger partial charge in [-0.1, -0.05) is 41.4 Å². The number of hydrogen-bond donors (Lipinski definition) is 3. The van der Waals surface area contributed by atoms with Crippen LogP contribution in [0.4, 0.5) is 0 Å². The molecule has 1 amide bonds. The Balaban J connectivity index is 1.63. The number of rotatable bonds is 7. The van der Waals surface area contributed by atoms with Crippen LogP contribution in [0, 0.1) is 0 Å². The van der Waals surface area contributed by atoms with Crippen molar-refractivity contribution in [3.8, 4) is 5.75 Å². The van der Waals surface area contributed by atoms with E-state index in [1.54, 1.807) is 18.3 Å². The fourth-order valence-electron chi connectivity index (χ4n) is 2.69. The number of carboxylic acids is 1. The lowest BCUT2D eigenvalue weighted by Crippen LogP contribution is -2.44. The number of aliphatic carboxylic acids is 1. The number of halogens is 2. The van der Waals surface area contributed by atoms with Gasteiger partial charge >= 0.3 is 5.97 Å². The number of carbonyl (C=O) groups excluding carboxylic acids is 1. The summed E-state index contributed by atoms with van der Waals surface area (Å²) in [5.41, 5.74) is 1.71. The van der Waals surface area contributed by atoms with Crippen molar-refractivity contribution in [3.63, 3.8) is 0 Å². The van der Waals surface area contributed by atoms with Crippen LogP contribution < -0.4 is 10.1 Å². The molecule has 6 nitrogen and oxygen atoms in total. The van der Waals surface area contributed by atoms with E-state index >= 15 is 0 Å². The molecule has 3 aromatic rings. The van der Waals surface area contributed by atoms with Gasteiger partial charge in [-0.15, -0.1) is 0 Å². The summed E-state index contributed by atoms with van der Waals surface area (Å²) < 4.78 is 5.34. The van der Waals surface area contributed by atoms with Crippen molar-refractivity contribution in [2.75, 3.05) is 6.61 Å². The normalized spacial score (nSPS) is 11.9. The molecule has 3 N–H and O–H groups in total. The Hall–Kier alpha value is -2.70. The fourth-order valence-corrected chi connectivity index (χ4v) is 3.16. The van der Waals surface area contributed by atoms with E-state index < -0.39 is 17.9 Å². The molecule has 0 saturated heterocycles. The number of fused-ring (bicyclic) bond motifs is 1. The van der Waals surface area contributed by atoms with Crippen molar-refractivity contribution in [1.29, 1.82) is 0 Å². The van der Waals surface area contributed by atoms with Crippen molar-refractivity contribution in [1.82, 2.24) is 10.3 Å². The minimum atomic E-state index is -1.13. The highest BCUT2D eigenvalue weighted by Gasteiger charge is 2.22. The molecular weight excluding hydrogens is 391 g/mol. The van der Waals surface area contributed by atoms with Gasteiger partial charge in [-0.3, -0.25) is 4.79 Å². The van der Waals surface area contributed by atoms with Crippen LogP contribution in [0.25, 0.3) is 10.9 Å². The Morgan fingerprint density at radius 1 is 1.19 bits per heavy atom. The average molecular weight is 407 g/mol.